The molecule has 0 spiro atoms. The Morgan fingerprint density at radius 3 is 1.41 bits per heavy atom. The Bertz CT molecular complexity index is 3300. The zero-order valence-electron chi connectivity index (χ0n) is 43.8. The van der Waals surface area contributed by atoms with Crippen molar-refractivity contribution in [1.82, 2.24) is 28.7 Å². The molecule has 0 saturated carbocycles. The average molecular weight is 893 g/mol. The van der Waals surface area contributed by atoms with Gasteiger partial charge in [0.05, 0.1) is 33.1 Å². The molecule has 350 valence electrons. The largest absolute Gasteiger partial charge is 0.280 e. The van der Waals surface area contributed by atoms with Crippen LogP contribution < -0.4 is 0 Å². The minimum absolute atomic E-state index is 0.00185. The predicted octanol–water partition coefficient (Wildman–Crippen LogP) is 15.8. The molecule has 2 aliphatic carbocycles. The summed E-state index contributed by atoms with van der Waals surface area (Å²) >= 11 is 0. The Hall–Kier alpha value is -4.98. The third-order valence-electron chi connectivity index (χ3n) is 17.6. The molecular weight excluding hydrogens is 819 g/mol. The Balaban J connectivity index is 0.000000173. The second-order valence-electron chi connectivity index (χ2n) is 24.8. The third-order valence-corrected chi connectivity index (χ3v) is 17.6. The number of aromatic nitrogens is 6. The van der Waals surface area contributed by atoms with E-state index in [-0.39, 0.29) is 55.0 Å². The quantitative estimate of drug-likeness (QED) is 0.165. The molecule has 0 aliphatic heterocycles. The topological polar surface area (TPSA) is 60.4 Å². The van der Waals surface area contributed by atoms with Gasteiger partial charge in [0.15, 0.2) is 0 Å². The van der Waals surface area contributed by atoms with Crippen LogP contribution in [-0.2, 0) is 33.5 Å². The second-order valence-corrected chi connectivity index (χ2v) is 24.8. The molecule has 4 heterocycles. The minimum atomic E-state index is -0.273. The van der Waals surface area contributed by atoms with Crippen molar-refractivity contribution < 1.29 is 8.78 Å². The SMILES string of the molecule is CC.CC(C)(C)c1nc2cc(F)ccc2c2nc3cc4c(cc3n12)C(C)(C)C(C)(C)C4(C)C.Cc1cc2nc(CC(C)(C)C)n3c4cc5c(cc4nc3c2cc1F)C(C)(C)C(C)(C)C5(C)C. The van der Waals surface area contributed by atoms with E-state index in [1.807, 2.05) is 19.9 Å². The van der Waals surface area contributed by atoms with Gasteiger partial charge in [-0.05, 0) is 121 Å². The molecule has 8 heteroatoms. The smallest absolute Gasteiger partial charge is 0.148 e. The molecular formula is C58H74F2N6. The maximum absolute atomic E-state index is 14.6. The van der Waals surface area contributed by atoms with Crippen LogP contribution in [0.3, 0.4) is 0 Å². The lowest BCUT2D eigenvalue weighted by atomic mass is 9.59. The second kappa shape index (κ2) is 14.5. The summed E-state index contributed by atoms with van der Waals surface area (Å²) in [5, 5.41) is 1.65. The molecule has 0 saturated heterocycles. The molecule has 0 N–H and O–H groups in total. The first-order valence-corrected chi connectivity index (χ1v) is 24.2. The zero-order valence-corrected chi connectivity index (χ0v) is 43.8. The Morgan fingerprint density at radius 1 is 0.500 bits per heavy atom. The van der Waals surface area contributed by atoms with Crippen molar-refractivity contribution >= 4 is 55.2 Å². The van der Waals surface area contributed by atoms with Crippen LogP contribution in [0.15, 0.2) is 54.6 Å². The number of benzene rings is 4. The number of hydrogen-bond donors (Lipinski definition) is 0. The average Bonchev–Trinajstić information content (AvgIpc) is 3.83. The predicted molar refractivity (Wildman–Crippen MR) is 274 cm³/mol. The first-order valence-electron chi connectivity index (χ1n) is 24.2. The van der Waals surface area contributed by atoms with E-state index in [0.717, 1.165) is 67.7 Å². The first-order chi connectivity index (χ1) is 30.2. The molecule has 66 heavy (non-hydrogen) atoms. The van der Waals surface area contributed by atoms with Crippen molar-refractivity contribution in [2.24, 2.45) is 16.2 Å². The van der Waals surface area contributed by atoms with E-state index < -0.39 is 0 Å². The van der Waals surface area contributed by atoms with E-state index in [9.17, 15) is 8.78 Å². The molecule has 4 aromatic carbocycles. The molecule has 2 aliphatic rings. The fraction of sp³-hybridized carbons (Fsp3) is 0.517. The standard InChI is InChI=1S/C29H36FN3.C27H32FN3.C2H6/c1-16-11-21-17(12-20(16)30)25-32-22-13-18-19(28(7,8)29(9,10)27(18,5)6)14-23(22)33(25)24(31-21)15-26(2,3)4;1-24(2,3)23-30-19-12-15(28)10-11-16(19)22-29-20-13-17-18(14-21(20)31(22)23)26(6,7)27(8,9)25(17,4)5;1-2/h11-14H,15H2,1-10H3;10-14H,1-9H3;1-2H3. The van der Waals surface area contributed by atoms with Crippen LogP contribution in [0, 0.1) is 34.8 Å². The minimum Gasteiger partial charge on any atom is -0.280 e. The van der Waals surface area contributed by atoms with E-state index in [1.54, 1.807) is 19.1 Å². The van der Waals surface area contributed by atoms with Gasteiger partial charge in [-0.3, -0.25) is 8.80 Å². The highest BCUT2D eigenvalue weighted by molar-refractivity contribution is 5.98. The van der Waals surface area contributed by atoms with Gasteiger partial charge in [0.2, 0.25) is 0 Å². The van der Waals surface area contributed by atoms with Crippen LogP contribution in [0.4, 0.5) is 8.78 Å². The molecule has 8 aromatic rings. The lowest BCUT2D eigenvalue weighted by molar-refractivity contribution is 0.125. The Kier molecular flexibility index (Phi) is 10.4. The number of hydrogen-bond acceptors (Lipinski definition) is 4. The van der Waals surface area contributed by atoms with E-state index in [0.29, 0.717) is 11.1 Å². The van der Waals surface area contributed by atoms with Gasteiger partial charge in [-0.1, -0.05) is 138 Å². The summed E-state index contributed by atoms with van der Waals surface area (Å²) in [6, 6.07) is 17.5. The van der Waals surface area contributed by atoms with Gasteiger partial charge < -0.3 is 0 Å². The monoisotopic (exact) mass is 893 g/mol. The maximum atomic E-state index is 14.6. The maximum Gasteiger partial charge on any atom is 0.148 e. The number of imidazole rings is 2. The molecule has 0 unspecified atom stereocenters. The van der Waals surface area contributed by atoms with Gasteiger partial charge >= 0.3 is 0 Å². The molecule has 6 nitrogen and oxygen atoms in total. The van der Waals surface area contributed by atoms with Gasteiger partial charge in [0.25, 0.3) is 0 Å². The lowest BCUT2D eigenvalue weighted by Gasteiger charge is -2.44. The Labute approximate surface area is 392 Å². The van der Waals surface area contributed by atoms with Crippen molar-refractivity contribution in [3.8, 4) is 0 Å². The number of fused-ring (bicyclic) bond motifs is 12. The summed E-state index contributed by atoms with van der Waals surface area (Å²) in [5.41, 5.74) is 13.4. The van der Waals surface area contributed by atoms with Gasteiger partial charge in [-0.2, -0.15) is 0 Å². The van der Waals surface area contributed by atoms with E-state index in [1.165, 1.54) is 34.4 Å². The van der Waals surface area contributed by atoms with Gasteiger partial charge in [0, 0.05) is 28.7 Å². The normalized spacial score (nSPS) is 18.7. The Morgan fingerprint density at radius 2 is 0.939 bits per heavy atom. The van der Waals surface area contributed by atoms with Crippen LogP contribution in [0.5, 0.6) is 0 Å². The van der Waals surface area contributed by atoms with Crippen molar-refractivity contribution in [2.45, 2.75) is 179 Å². The van der Waals surface area contributed by atoms with E-state index in [4.69, 9.17) is 19.9 Å². The summed E-state index contributed by atoms with van der Waals surface area (Å²) in [4.78, 5) is 20.2. The van der Waals surface area contributed by atoms with Crippen LogP contribution in [0.25, 0.3) is 55.2 Å². The summed E-state index contributed by atoms with van der Waals surface area (Å²) in [5.74, 6) is 1.39. The van der Waals surface area contributed by atoms with Crippen LogP contribution >= 0.6 is 0 Å². The summed E-state index contributed by atoms with van der Waals surface area (Å²) < 4.78 is 33.0. The van der Waals surface area contributed by atoms with Gasteiger partial charge in [0.1, 0.15) is 34.6 Å². The van der Waals surface area contributed by atoms with Crippen molar-refractivity contribution in [3.63, 3.8) is 0 Å². The summed E-state index contributed by atoms with van der Waals surface area (Å²) in [6.07, 6.45) is 0.804. The molecule has 0 fully saturated rings. The molecule has 0 atom stereocenters. The lowest BCUT2D eigenvalue weighted by Crippen LogP contribution is -2.42. The number of aryl methyl sites for hydroxylation is 1. The van der Waals surface area contributed by atoms with Gasteiger partial charge in [-0.25, -0.2) is 28.7 Å². The van der Waals surface area contributed by atoms with E-state index in [2.05, 4.69) is 158 Å². The van der Waals surface area contributed by atoms with Crippen molar-refractivity contribution in [2.75, 3.05) is 0 Å². The molecule has 0 amide bonds. The number of nitrogens with zero attached hydrogens (tertiary/aromatic N) is 6. The van der Waals surface area contributed by atoms with Crippen molar-refractivity contribution in [1.29, 1.82) is 0 Å². The molecule has 4 aromatic heterocycles. The molecule has 10 rings (SSSR count). The highest BCUT2D eigenvalue weighted by Crippen LogP contribution is 2.63. The molecule has 0 bridgehead atoms. The van der Waals surface area contributed by atoms with Crippen molar-refractivity contribution in [3.05, 3.63) is 106 Å². The van der Waals surface area contributed by atoms with Crippen LogP contribution in [0.2, 0.25) is 0 Å². The van der Waals surface area contributed by atoms with Gasteiger partial charge in [-0.15, -0.1) is 0 Å². The highest BCUT2D eigenvalue weighted by Gasteiger charge is 2.58. The number of rotatable bonds is 1. The first kappa shape index (κ1) is 47.5. The van der Waals surface area contributed by atoms with E-state index >= 15 is 0 Å². The van der Waals surface area contributed by atoms with Crippen LogP contribution in [-0.4, -0.2) is 28.7 Å². The fourth-order valence-corrected chi connectivity index (χ4v) is 11.2. The summed E-state index contributed by atoms with van der Waals surface area (Å²) in [6.45, 7) is 47.3. The fourth-order valence-electron chi connectivity index (χ4n) is 11.2. The summed E-state index contributed by atoms with van der Waals surface area (Å²) in [7, 11) is 0. The highest BCUT2D eigenvalue weighted by atomic mass is 19.1. The number of halogens is 2. The zero-order chi connectivity index (χ0) is 49.0. The van der Waals surface area contributed by atoms with Crippen LogP contribution in [0.1, 0.15) is 178 Å². The third kappa shape index (κ3) is 6.49. The molecule has 0 radical (unpaired) electrons.